The molecule has 0 aliphatic carbocycles. The maximum Gasteiger partial charge on any atom is 0.272 e. The summed E-state index contributed by atoms with van der Waals surface area (Å²) < 4.78 is 0. The van der Waals surface area contributed by atoms with E-state index in [0.717, 1.165) is 11.1 Å². The number of aromatic nitrogens is 1. The van der Waals surface area contributed by atoms with E-state index in [9.17, 15) is 9.59 Å². The van der Waals surface area contributed by atoms with Crippen LogP contribution in [-0.2, 0) is 0 Å². The highest BCUT2D eigenvalue weighted by Crippen LogP contribution is 2.38. The molecule has 0 unspecified atom stereocenters. The van der Waals surface area contributed by atoms with Crippen LogP contribution < -0.4 is 10.6 Å². The molecule has 0 aliphatic rings. The van der Waals surface area contributed by atoms with Crippen LogP contribution in [0, 0.1) is 0 Å². The number of hydrogen-bond donors (Lipinski definition) is 3. The molecule has 0 bridgehead atoms. The van der Waals surface area contributed by atoms with Gasteiger partial charge in [0, 0.05) is 22.5 Å². The Morgan fingerprint density at radius 3 is 1.11 bits per heavy atom. The van der Waals surface area contributed by atoms with E-state index in [-0.39, 0.29) is 11.8 Å². The number of aromatic amines is 1. The Balaban J connectivity index is 1.69. The monoisotopic (exact) mass is 457 g/mol. The smallest absolute Gasteiger partial charge is 0.272 e. The molecule has 5 rings (SSSR count). The van der Waals surface area contributed by atoms with Gasteiger partial charge in [0.1, 0.15) is 11.4 Å². The molecule has 0 saturated heterocycles. The first-order valence-corrected chi connectivity index (χ1v) is 11.3. The summed E-state index contributed by atoms with van der Waals surface area (Å²) in [6, 6.07) is 37.8. The summed E-state index contributed by atoms with van der Waals surface area (Å²) in [5.41, 5.74) is 4.98. The van der Waals surface area contributed by atoms with Gasteiger partial charge in [-0.2, -0.15) is 0 Å². The predicted octanol–water partition coefficient (Wildman–Crippen LogP) is 6.85. The molecule has 1 heterocycles. The summed E-state index contributed by atoms with van der Waals surface area (Å²) >= 11 is 0. The molecule has 3 N–H and O–H groups in total. The highest BCUT2D eigenvalue weighted by molar-refractivity contribution is 6.16. The minimum absolute atomic E-state index is 0.317. The zero-order valence-corrected chi connectivity index (χ0v) is 18.9. The third-order valence-corrected chi connectivity index (χ3v) is 5.64. The number of rotatable bonds is 6. The lowest BCUT2D eigenvalue weighted by atomic mass is 9.94. The van der Waals surface area contributed by atoms with E-state index >= 15 is 0 Å². The highest BCUT2D eigenvalue weighted by Gasteiger charge is 2.27. The fraction of sp³-hybridized carbons (Fsp3) is 0. The number of H-pyrrole nitrogens is 1. The number of anilines is 2. The average Bonchev–Trinajstić information content (AvgIpc) is 3.32. The lowest BCUT2D eigenvalue weighted by Gasteiger charge is -2.10. The Morgan fingerprint density at radius 2 is 0.771 bits per heavy atom. The Morgan fingerprint density at radius 1 is 0.457 bits per heavy atom. The predicted molar refractivity (Wildman–Crippen MR) is 140 cm³/mol. The fourth-order valence-electron chi connectivity index (χ4n) is 4.06. The molecule has 5 aromatic rings. The highest BCUT2D eigenvalue weighted by atomic mass is 16.2. The Hall–Kier alpha value is -4.90. The van der Waals surface area contributed by atoms with E-state index in [1.807, 2.05) is 121 Å². The van der Waals surface area contributed by atoms with Gasteiger partial charge >= 0.3 is 0 Å². The Bertz CT molecular complexity index is 1330. The molecule has 0 aliphatic heterocycles. The molecular formula is C30H23N3O2. The molecule has 5 nitrogen and oxygen atoms in total. The van der Waals surface area contributed by atoms with Gasteiger partial charge in [-0.15, -0.1) is 0 Å². The maximum absolute atomic E-state index is 13.5. The largest absolute Gasteiger partial charge is 0.345 e. The van der Waals surface area contributed by atoms with Crippen molar-refractivity contribution in [2.24, 2.45) is 0 Å². The summed E-state index contributed by atoms with van der Waals surface area (Å²) in [6.07, 6.45) is 0. The van der Waals surface area contributed by atoms with Gasteiger partial charge in [-0.05, 0) is 35.4 Å². The first kappa shape index (κ1) is 21.9. The van der Waals surface area contributed by atoms with Crippen molar-refractivity contribution in [1.29, 1.82) is 0 Å². The molecule has 2 amide bonds. The van der Waals surface area contributed by atoms with Crippen LogP contribution >= 0.6 is 0 Å². The van der Waals surface area contributed by atoms with E-state index in [4.69, 9.17) is 0 Å². The minimum Gasteiger partial charge on any atom is -0.345 e. The van der Waals surface area contributed by atoms with Gasteiger partial charge in [-0.25, -0.2) is 0 Å². The van der Waals surface area contributed by atoms with E-state index in [0.29, 0.717) is 33.9 Å². The van der Waals surface area contributed by atoms with E-state index in [2.05, 4.69) is 15.6 Å². The van der Waals surface area contributed by atoms with E-state index in [1.54, 1.807) is 0 Å². The van der Waals surface area contributed by atoms with Crippen molar-refractivity contribution in [3.05, 3.63) is 133 Å². The number of carbonyl (C=O) groups excluding carboxylic acids is 2. The van der Waals surface area contributed by atoms with E-state index in [1.165, 1.54) is 0 Å². The lowest BCUT2D eigenvalue weighted by Crippen LogP contribution is -2.15. The van der Waals surface area contributed by atoms with Crippen LogP contribution in [-0.4, -0.2) is 16.8 Å². The summed E-state index contributed by atoms with van der Waals surface area (Å²) in [7, 11) is 0. The number of benzene rings is 4. The number of carbonyl (C=O) groups is 2. The van der Waals surface area contributed by atoms with Crippen molar-refractivity contribution in [1.82, 2.24) is 4.98 Å². The maximum atomic E-state index is 13.5. The first-order valence-electron chi connectivity index (χ1n) is 11.3. The molecule has 0 fully saturated rings. The van der Waals surface area contributed by atoms with Gasteiger partial charge in [0.15, 0.2) is 0 Å². The van der Waals surface area contributed by atoms with Crippen LogP contribution in [0.15, 0.2) is 121 Å². The second-order valence-electron chi connectivity index (χ2n) is 8.00. The van der Waals surface area contributed by atoms with Crippen molar-refractivity contribution in [3.63, 3.8) is 0 Å². The zero-order valence-electron chi connectivity index (χ0n) is 18.9. The second kappa shape index (κ2) is 9.93. The van der Waals surface area contributed by atoms with Crippen molar-refractivity contribution in [2.45, 2.75) is 0 Å². The molecule has 35 heavy (non-hydrogen) atoms. The standard InChI is InChI=1S/C30H23N3O2/c34-29(31-23-17-9-3-10-18-23)27-25(21-13-5-1-6-14-21)26(22-15-7-2-8-16-22)28(33-27)30(35)32-24-19-11-4-12-20-24/h1-20,33H,(H,31,34)(H,32,35). The quantitative estimate of drug-likeness (QED) is 0.261. The van der Waals surface area contributed by atoms with Gasteiger partial charge in [-0.1, -0.05) is 97.1 Å². The first-order chi connectivity index (χ1) is 17.2. The SMILES string of the molecule is O=C(Nc1ccccc1)c1[nH]c(C(=O)Nc2ccccc2)c(-c2ccccc2)c1-c1ccccc1. The molecular weight excluding hydrogens is 434 g/mol. The Labute approximate surface area is 203 Å². The van der Waals surface area contributed by atoms with Crippen molar-refractivity contribution in [2.75, 3.05) is 10.6 Å². The van der Waals surface area contributed by atoms with Crippen LogP contribution in [0.25, 0.3) is 22.3 Å². The number of amides is 2. The molecule has 170 valence electrons. The van der Waals surface area contributed by atoms with Crippen LogP contribution in [0.5, 0.6) is 0 Å². The molecule has 1 aromatic heterocycles. The number of para-hydroxylation sites is 2. The molecule has 0 atom stereocenters. The summed E-state index contributed by atoms with van der Waals surface area (Å²) in [5.74, 6) is -0.656. The van der Waals surface area contributed by atoms with Gasteiger partial charge in [0.05, 0.1) is 0 Å². The van der Waals surface area contributed by atoms with Gasteiger partial charge in [0.25, 0.3) is 11.8 Å². The fourth-order valence-corrected chi connectivity index (χ4v) is 4.06. The number of nitrogens with one attached hydrogen (secondary N) is 3. The zero-order chi connectivity index (χ0) is 24.0. The van der Waals surface area contributed by atoms with Crippen molar-refractivity contribution in [3.8, 4) is 22.3 Å². The third-order valence-electron chi connectivity index (χ3n) is 5.64. The number of hydrogen-bond acceptors (Lipinski definition) is 2. The molecule has 5 heteroatoms. The summed E-state index contributed by atoms with van der Waals surface area (Å²) in [5, 5.41) is 5.89. The molecule has 0 saturated carbocycles. The van der Waals surface area contributed by atoms with Crippen molar-refractivity contribution < 1.29 is 9.59 Å². The molecule has 0 radical (unpaired) electrons. The Kier molecular flexibility index (Phi) is 6.22. The minimum atomic E-state index is -0.328. The van der Waals surface area contributed by atoms with Gasteiger partial charge in [-0.3, -0.25) is 9.59 Å². The van der Waals surface area contributed by atoms with Gasteiger partial charge in [0.2, 0.25) is 0 Å². The molecule has 4 aromatic carbocycles. The van der Waals surface area contributed by atoms with Crippen LogP contribution in [0.4, 0.5) is 11.4 Å². The summed E-state index contributed by atoms with van der Waals surface area (Å²) in [6.45, 7) is 0. The van der Waals surface area contributed by atoms with Gasteiger partial charge < -0.3 is 15.6 Å². The van der Waals surface area contributed by atoms with Crippen molar-refractivity contribution >= 4 is 23.2 Å². The van der Waals surface area contributed by atoms with Crippen LogP contribution in [0.3, 0.4) is 0 Å². The van der Waals surface area contributed by atoms with Crippen LogP contribution in [0.2, 0.25) is 0 Å². The lowest BCUT2D eigenvalue weighted by molar-refractivity contribution is 0.102. The second-order valence-corrected chi connectivity index (χ2v) is 8.00. The average molecular weight is 458 g/mol. The molecule has 0 spiro atoms. The van der Waals surface area contributed by atoms with Crippen LogP contribution in [0.1, 0.15) is 21.0 Å². The third kappa shape index (κ3) is 4.75. The topological polar surface area (TPSA) is 74.0 Å². The van der Waals surface area contributed by atoms with E-state index < -0.39 is 0 Å². The normalized spacial score (nSPS) is 10.5. The summed E-state index contributed by atoms with van der Waals surface area (Å²) in [4.78, 5) is 30.2.